The van der Waals surface area contributed by atoms with Crippen LogP contribution in [-0.4, -0.2) is 17.0 Å². The minimum atomic E-state index is -0.999. The molecule has 0 spiro atoms. The molecule has 0 saturated heterocycles. The van der Waals surface area contributed by atoms with E-state index in [0.29, 0.717) is 10.0 Å². The molecular formula is C10H8BrNO3. The summed E-state index contributed by atoms with van der Waals surface area (Å²) in [6, 6.07) is 4.50. The summed E-state index contributed by atoms with van der Waals surface area (Å²) in [5, 5.41) is 8.71. The highest BCUT2D eigenvalue weighted by Crippen LogP contribution is 2.19. The molecule has 1 aromatic carbocycles. The molecule has 0 fully saturated rings. The number of benzene rings is 1. The number of aromatic carboxylic acids is 1. The fourth-order valence-corrected chi connectivity index (χ4v) is 1.48. The minimum Gasteiger partial charge on any atom is -0.478 e. The van der Waals surface area contributed by atoms with Gasteiger partial charge in [-0.1, -0.05) is 22.0 Å². The van der Waals surface area contributed by atoms with Crippen molar-refractivity contribution in [3.8, 4) is 0 Å². The summed E-state index contributed by atoms with van der Waals surface area (Å²) in [5.74, 6) is -1.55. The van der Waals surface area contributed by atoms with E-state index in [0.717, 1.165) is 0 Å². The smallest absolute Gasteiger partial charge is 0.335 e. The third kappa shape index (κ3) is 3.21. The highest BCUT2D eigenvalue weighted by Gasteiger charge is 2.04. The second kappa shape index (κ2) is 4.75. The van der Waals surface area contributed by atoms with Crippen LogP contribution in [0.25, 0.3) is 6.08 Å². The van der Waals surface area contributed by atoms with Gasteiger partial charge in [0.05, 0.1) is 5.56 Å². The number of hydrogen-bond donors (Lipinski definition) is 2. The Hall–Kier alpha value is -1.62. The molecule has 0 unspecified atom stereocenters. The zero-order valence-electron chi connectivity index (χ0n) is 7.61. The molecule has 1 aromatic rings. The van der Waals surface area contributed by atoms with E-state index < -0.39 is 11.9 Å². The van der Waals surface area contributed by atoms with Crippen LogP contribution in [0.3, 0.4) is 0 Å². The van der Waals surface area contributed by atoms with Gasteiger partial charge in [-0.3, -0.25) is 4.79 Å². The molecule has 0 saturated carbocycles. The van der Waals surface area contributed by atoms with Crippen LogP contribution in [-0.2, 0) is 4.79 Å². The second-order valence-electron chi connectivity index (χ2n) is 2.78. The summed E-state index contributed by atoms with van der Waals surface area (Å²) < 4.78 is 0.597. The standard InChI is InChI=1S/C10H8BrNO3/c11-8-5-7(10(14)15)2-1-6(8)3-4-9(12)13/h1-5H,(H2,12,13)(H,14,15). The first-order chi connectivity index (χ1) is 7.00. The zero-order valence-corrected chi connectivity index (χ0v) is 9.19. The van der Waals surface area contributed by atoms with Crippen molar-refractivity contribution in [3.05, 3.63) is 39.9 Å². The van der Waals surface area contributed by atoms with Crippen molar-refractivity contribution < 1.29 is 14.7 Å². The number of nitrogens with two attached hydrogens (primary N) is 1. The van der Waals surface area contributed by atoms with Gasteiger partial charge in [-0.15, -0.1) is 0 Å². The number of rotatable bonds is 3. The van der Waals surface area contributed by atoms with Gasteiger partial charge >= 0.3 is 5.97 Å². The molecule has 15 heavy (non-hydrogen) atoms. The monoisotopic (exact) mass is 269 g/mol. The fraction of sp³-hybridized carbons (Fsp3) is 0. The quantitative estimate of drug-likeness (QED) is 0.819. The highest BCUT2D eigenvalue weighted by atomic mass is 79.9. The van der Waals surface area contributed by atoms with Crippen molar-refractivity contribution in [2.45, 2.75) is 0 Å². The number of carbonyl (C=O) groups is 2. The largest absolute Gasteiger partial charge is 0.478 e. The van der Waals surface area contributed by atoms with Crippen molar-refractivity contribution in [1.29, 1.82) is 0 Å². The van der Waals surface area contributed by atoms with Crippen LogP contribution in [0.1, 0.15) is 15.9 Å². The number of amides is 1. The third-order valence-corrected chi connectivity index (χ3v) is 2.36. The summed E-state index contributed by atoms with van der Waals surface area (Å²) in [6.45, 7) is 0. The van der Waals surface area contributed by atoms with Crippen molar-refractivity contribution in [3.63, 3.8) is 0 Å². The highest BCUT2D eigenvalue weighted by molar-refractivity contribution is 9.10. The molecule has 0 aliphatic carbocycles. The van der Waals surface area contributed by atoms with Gasteiger partial charge in [-0.2, -0.15) is 0 Å². The average molecular weight is 270 g/mol. The first-order valence-electron chi connectivity index (χ1n) is 4.01. The van der Waals surface area contributed by atoms with Crippen LogP contribution in [0.5, 0.6) is 0 Å². The fourth-order valence-electron chi connectivity index (χ4n) is 0.967. The van der Waals surface area contributed by atoms with Gasteiger partial charge in [0, 0.05) is 10.5 Å². The average Bonchev–Trinajstić information content (AvgIpc) is 2.15. The molecule has 78 valence electrons. The van der Waals surface area contributed by atoms with E-state index in [1.807, 2.05) is 0 Å². The Morgan fingerprint density at radius 3 is 2.53 bits per heavy atom. The van der Waals surface area contributed by atoms with E-state index in [9.17, 15) is 9.59 Å². The Kier molecular flexibility index (Phi) is 3.62. The zero-order chi connectivity index (χ0) is 11.4. The van der Waals surface area contributed by atoms with E-state index in [2.05, 4.69) is 15.9 Å². The Labute approximate surface area is 94.5 Å². The van der Waals surface area contributed by atoms with E-state index in [1.165, 1.54) is 24.3 Å². The number of primary amides is 1. The molecule has 0 aromatic heterocycles. The van der Waals surface area contributed by atoms with Crippen LogP contribution in [0.4, 0.5) is 0 Å². The van der Waals surface area contributed by atoms with Crippen LogP contribution < -0.4 is 5.73 Å². The molecule has 0 heterocycles. The lowest BCUT2D eigenvalue weighted by molar-refractivity contribution is -0.113. The summed E-state index contributed by atoms with van der Waals surface area (Å²) in [5.41, 5.74) is 5.81. The number of carboxylic acid groups (broad SMARTS) is 1. The predicted octanol–water partition coefficient (Wildman–Crippen LogP) is 1.65. The van der Waals surface area contributed by atoms with Gasteiger partial charge < -0.3 is 10.8 Å². The summed E-state index contributed by atoms with van der Waals surface area (Å²) in [6.07, 6.45) is 2.72. The molecule has 4 nitrogen and oxygen atoms in total. The van der Waals surface area contributed by atoms with Gasteiger partial charge in [0.15, 0.2) is 0 Å². The number of halogens is 1. The van der Waals surface area contributed by atoms with Crippen molar-refractivity contribution in [1.82, 2.24) is 0 Å². The molecule has 0 bridgehead atoms. The van der Waals surface area contributed by atoms with Crippen molar-refractivity contribution in [2.24, 2.45) is 5.73 Å². The molecule has 1 rings (SSSR count). The lowest BCUT2D eigenvalue weighted by Gasteiger charge is -1.99. The number of carbonyl (C=O) groups excluding carboxylic acids is 1. The van der Waals surface area contributed by atoms with Crippen molar-refractivity contribution >= 4 is 33.9 Å². The summed E-state index contributed by atoms with van der Waals surface area (Å²) >= 11 is 3.20. The Morgan fingerprint density at radius 1 is 1.40 bits per heavy atom. The maximum Gasteiger partial charge on any atom is 0.335 e. The summed E-state index contributed by atoms with van der Waals surface area (Å²) in [4.78, 5) is 21.1. The van der Waals surface area contributed by atoms with Crippen molar-refractivity contribution in [2.75, 3.05) is 0 Å². The van der Waals surface area contributed by atoms with E-state index in [-0.39, 0.29) is 5.56 Å². The van der Waals surface area contributed by atoms with Gasteiger partial charge in [0.1, 0.15) is 0 Å². The molecule has 3 N–H and O–H groups in total. The Bertz CT molecular complexity index is 440. The molecule has 0 aliphatic heterocycles. The van der Waals surface area contributed by atoms with Crippen LogP contribution in [0.2, 0.25) is 0 Å². The Balaban J connectivity index is 3.03. The third-order valence-electron chi connectivity index (χ3n) is 1.67. The molecule has 0 atom stereocenters. The SMILES string of the molecule is NC(=O)C=Cc1ccc(C(=O)O)cc1Br. The van der Waals surface area contributed by atoms with E-state index in [4.69, 9.17) is 10.8 Å². The van der Waals surface area contributed by atoms with Gasteiger partial charge in [-0.25, -0.2) is 4.79 Å². The molecule has 0 radical (unpaired) electrons. The molecule has 0 aliphatic rings. The first-order valence-corrected chi connectivity index (χ1v) is 4.80. The second-order valence-corrected chi connectivity index (χ2v) is 3.63. The maximum atomic E-state index is 10.6. The normalized spacial score (nSPS) is 10.5. The summed E-state index contributed by atoms with van der Waals surface area (Å²) in [7, 11) is 0. The van der Waals surface area contributed by atoms with Gasteiger partial charge in [0.2, 0.25) is 5.91 Å². The number of hydrogen-bond acceptors (Lipinski definition) is 2. The first kappa shape index (κ1) is 11.5. The molecule has 5 heteroatoms. The number of carboxylic acids is 1. The Morgan fingerprint density at radius 2 is 2.07 bits per heavy atom. The lowest BCUT2D eigenvalue weighted by atomic mass is 10.1. The van der Waals surface area contributed by atoms with Gasteiger partial charge in [0.25, 0.3) is 0 Å². The molecular weight excluding hydrogens is 262 g/mol. The maximum absolute atomic E-state index is 10.6. The van der Waals surface area contributed by atoms with E-state index >= 15 is 0 Å². The molecule has 1 amide bonds. The predicted molar refractivity (Wildman–Crippen MR) is 59.3 cm³/mol. The van der Waals surface area contributed by atoms with Crippen LogP contribution in [0, 0.1) is 0 Å². The van der Waals surface area contributed by atoms with Crippen LogP contribution in [0.15, 0.2) is 28.7 Å². The van der Waals surface area contributed by atoms with Crippen LogP contribution >= 0.6 is 15.9 Å². The lowest BCUT2D eigenvalue weighted by Crippen LogP contribution is -2.05. The van der Waals surface area contributed by atoms with Gasteiger partial charge in [-0.05, 0) is 23.8 Å². The topological polar surface area (TPSA) is 80.4 Å². The minimum absolute atomic E-state index is 0.179. The van der Waals surface area contributed by atoms with E-state index in [1.54, 1.807) is 6.07 Å².